The molecule has 0 saturated heterocycles. The number of methoxy groups -OCH3 is 1. The molecule has 1 amide bonds. The number of carbonyl (C=O) groups excluding carboxylic acids is 2. The number of amides is 1. The van der Waals surface area contributed by atoms with Gasteiger partial charge in [-0.2, -0.15) is 0 Å². The highest BCUT2D eigenvalue weighted by Gasteiger charge is 2.24. The zero-order valence-electron chi connectivity index (χ0n) is 22.6. The Kier molecular flexibility index (Phi) is 13.9. The maximum absolute atomic E-state index is 13.6. The second-order valence-corrected chi connectivity index (χ2v) is 9.59. The first-order valence-electron chi connectivity index (χ1n) is 12.0. The molecular weight excluding hydrogens is 511 g/mol. The molecule has 208 valence electrons. The van der Waals surface area contributed by atoms with Gasteiger partial charge in [0.1, 0.15) is 11.6 Å². The minimum absolute atomic E-state index is 0.0589. The van der Waals surface area contributed by atoms with Gasteiger partial charge in [0, 0.05) is 43.2 Å². The molecule has 0 spiro atoms. The average Bonchev–Trinajstić information content (AvgIpc) is 2.87. The fraction of sp³-hybridized carbons (Fsp3) is 0.357. The maximum Gasteiger partial charge on any atom is 0.225 e. The zero-order valence-corrected chi connectivity index (χ0v) is 23.3. The first-order valence-corrected chi connectivity index (χ1v) is 12.3. The van der Waals surface area contributed by atoms with Gasteiger partial charge in [0.2, 0.25) is 5.91 Å². The Hall–Kier alpha value is -3.56. The molecule has 0 heterocycles. The van der Waals surface area contributed by atoms with E-state index < -0.39 is 11.2 Å². The van der Waals surface area contributed by atoms with Gasteiger partial charge in [-0.3, -0.25) is 9.59 Å². The number of hydrogen-bond donors (Lipinski definition) is 5. The molecule has 38 heavy (non-hydrogen) atoms. The largest absolute Gasteiger partial charge is 0.494 e. The second-order valence-electron chi connectivity index (χ2n) is 9.18. The van der Waals surface area contributed by atoms with Crippen molar-refractivity contribution in [3.8, 4) is 5.75 Å². The fourth-order valence-corrected chi connectivity index (χ4v) is 3.62. The lowest BCUT2D eigenvalue weighted by molar-refractivity contribution is -0.118. The molecular formula is C28H38ClFN4O4. The van der Waals surface area contributed by atoms with Crippen molar-refractivity contribution in [1.82, 2.24) is 10.6 Å². The summed E-state index contributed by atoms with van der Waals surface area (Å²) in [6.45, 7) is 9.68. The molecule has 0 atom stereocenters. The maximum atomic E-state index is 13.6. The number of aliphatic hydroxyl groups excluding tert-OH is 1. The number of aliphatic hydroxyl groups is 1. The first-order chi connectivity index (χ1) is 18.0. The Morgan fingerprint density at radius 3 is 2.39 bits per heavy atom. The van der Waals surface area contributed by atoms with Crippen LogP contribution in [0.2, 0.25) is 5.02 Å². The van der Waals surface area contributed by atoms with Crippen LogP contribution in [0.4, 0.5) is 15.8 Å². The monoisotopic (exact) mass is 548 g/mol. The SMILES string of the molecule is C=C(CC(C)(C)CC(=O)Nc1cc(Cl)c(F)cc1OC)N/C(C=O)=C(\C)NCCO.CNc1ccccc1. The summed E-state index contributed by atoms with van der Waals surface area (Å²) < 4.78 is 18.7. The number of allylic oxidation sites excluding steroid dienone is 3. The van der Waals surface area contributed by atoms with Crippen LogP contribution in [-0.2, 0) is 9.59 Å². The van der Waals surface area contributed by atoms with Gasteiger partial charge in [0.05, 0.1) is 30.1 Å². The molecule has 0 aliphatic heterocycles. The van der Waals surface area contributed by atoms with E-state index >= 15 is 0 Å². The normalized spacial score (nSPS) is 11.3. The lowest BCUT2D eigenvalue weighted by Crippen LogP contribution is -2.27. The summed E-state index contributed by atoms with van der Waals surface area (Å²) in [4.78, 5) is 23.9. The quantitative estimate of drug-likeness (QED) is 0.175. The van der Waals surface area contributed by atoms with Crippen molar-refractivity contribution in [3.63, 3.8) is 0 Å². The van der Waals surface area contributed by atoms with E-state index in [0.29, 0.717) is 36.3 Å². The van der Waals surface area contributed by atoms with Gasteiger partial charge in [-0.1, -0.05) is 50.2 Å². The van der Waals surface area contributed by atoms with Crippen molar-refractivity contribution in [2.75, 3.05) is 37.9 Å². The van der Waals surface area contributed by atoms with Crippen molar-refractivity contribution in [2.24, 2.45) is 5.41 Å². The van der Waals surface area contributed by atoms with Crippen LogP contribution in [0.3, 0.4) is 0 Å². The van der Waals surface area contributed by atoms with Gasteiger partial charge in [-0.05, 0) is 37.0 Å². The van der Waals surface area contributed by atoms with Crippen LogP contribution in [0.5, 0.6) is 5.75 Å². The third-order valence-corrected chi connectivity index (χ3v) is 5.53. The number of aldehydes is 1. The van der Waals surface area contributed by atoms with E-state index in [1.54, 1.807) is 6.92 Å². The Balaban J connectivity index is 0.000000763. The minimum atomic E-state index is -0.642. The molecule has 0 radical (unpaired) electrons. The number of para-hydroxylation sites is 1. The molecule has 10 heteroatoms. The van der Waals surface area contributed by atoms with Crippen molar-refractivity contribution >= 4 is 35.2 Å². The van der Waals surface area contributed by atoms with E-state index in [1.165, 1.54) is 13.2 Å². The molecule has 0 unspecified atom stereocenters. The van der Waals surface area contributed by atoms with E-state index in [1.807, 2.05) is 51.2 Å². The van der Waals surface area contributed by atoms with Gasteiger partial charge in [0.25, 0.3) is 0 Å². The van der Waals surface area contributed by atoms with Crippen molar-refractivity contribution in [3.05, 3.63) is 77.0 Å². The predicted octanol–water partition coefficient (Wildman–Crippen LogP) is 5.08. The third kappa shape index (κ3) is 11.7. The van der Waals surface area contributed by atoms with Crippen LogP contribution in [0.25, 0.3) is 0 Å². The molecule has 0 saturated carbocycles. The Bertz CT molecular complexity index is 1110. The molecule has 0 bridgehead atoms. The fourth-order valence-electron chi connectivity index (χ4n) is 3.45. The molecule has 5 N–H and O–H groups in total. The number of hydrogen-bond acceptors (Lipinski definition) is 7. The van der Waals surface area contributed by atoms with Gasteiger partial charge in [-0.15, -0.1) is 0 Å². The summed E-state index contributed by atoms with van der Waals surface area (Å²) in [5.41, 5.74) is 2.38. The highest BCUT2D eigenvalue weighted by molar-refractivity contribution is 6.31. The Morgan fingerprint density at radius 2 is 1.87 bits per heavy atom. The van der Waals surface area contributed by atoms with Gasteiger partial charge in [-0.25, -0.2) is 4.39 Å². The summed E-state index contributed by atoms with van der Waals surface area (Å²) in [6, 6.07) is 12.5. The summed E-state index contributed by atoms with van der Waals surface area (Å²) in [7, 11) is 3.28. The number of ether oxygens (including phenoxy) is 1. The van der Waals surface area contributed by atoms with Crippen LogP contribution < -0.4 is 26.0 Å². The van der Waals surface area contributed by atoms with Crippen molar-refractivity contribution in [2.45, 2.75) is 33.6 Å². The molecule has 0 aliphatic carbocycles. The van der Waals surface area contributed by atoms with E-state index in [2.05, 4.69) is 27.8 Å². The smallest absolute Gasteiger partial charge is 0.225 e. The number of benzene rings is 2. The van der Waals surface area contributed by atoms with E-state index in [0.717, 1.165) is 11.8 Å². The highest BCUT2D eigenvalue weighted by Crippen LogP contribution is 2.32. The van der Waals surface area contributed by atoms with Gasteiger partial charge in [0.15, 0.2) is 6.29 Å². The number of rotatable bonds is 13. The lowest BCUT2D eigenvalue weighted by atomic mass is 9.84. The Morgan fingerprint density at radius 1 is 1.21 bits per heavy atom. The topological polar surface area (TPSA) is 112 Å². The standard InChI is InChI=1S/C21H29ClFN3O4.C7H9N/c1-13(25-18(12-28)14(2)24-6-7-27)10-21(3,4)11-20(29)26-17-8-15(22)16(23)9-19(17)30-5;1-8-7-5-3-2-4-6-7/h8-9,12,24-25,27H,1,6-7,10-11H2,2-5H3,(H,26,29);2-6,8H,1H3/b18-14+;. The molecule has 2 rings (SSSR count). The van der Waals surface area contributed by atoms with Crippen LogP contribution in [-0.4, -0.2) is 44.6 Å². The molecule has 0 aromatic heterocycles. The first kappa shape index (κ1) is 32.5. The summed E-state index contributed by atoms with van der Waals surface area (Å²) in [5, 5.41) is 20.3. The Labute approximate surface area is 229 Å². The minimum Gasteiger partial charge on any atom is -0.494 e. The zero-order chi connectivity index (χ0) is 28.7. The number of halogens is 2. The predicted molar refractivity (Wildman–Crippen MR) is 152 cm³/mol. The number of nitrogens with one attached hydrogen (secondary N) is 4. The third-order valence-electron chi connectivity index (χ3n) is 5.25. The van der Waals surface area contributed by atoms with Gasteiger partial charge >= 0.3 is 0 Å². The number of carbonyl (C=O) groups is 2. The van der Waals surface area contributed by atoms with E-state index in [4.69, 9.17) is 21.4 Å². The van der Waals surface area contributed by atoms with Crippen LogP contribution in [0.15, 0.2) is 66.1 Å². The van der Waals surface area contributed by atoms with Crippen molar-refractivity contribution < 1.29 is 23.8 Å². The van der Waals surface area contributed by atoms with E-state index in [-0.39, 0.29) is 35.4 Å². The van der Waals surface area contributed by atoms with Crippen LogP contribution >= 0.6 is 11.6 Å². The van der Waals surface area contributed by atoms with E-state index in [9.17, 15) is 14.0 Å². The molecule has 2 aromatic rings. The molecule has 0 aliphatic rings. The molecule has 8 nitrogen and oxygen atoms in total. The van der Waals surface area contributed by atoms with Gasteiger partial charge < -0.3 is 31.1 Å². The van der Waals surface area contributed by atoms with Crippen LogP contribution in [0, 0.1) is 11.2 Å². The summed E-state index contributed by atoms with van der Waals surface area (Å²) in [5.74, 6) is -0.779. The van der Waals surface area contributed by atoms with Crippen molar-refractivity contribution in [1.29, 1.82) is 0 Å². The summed E-state index contributed by atoms with van der Waals surface area (Å²) in [6.07, 6.45) is 1.20. The number of anilines is 2. The lowest BCUT2D eigenvalue weighted by Gasteiger charge is -2.26. The summed E-state index contributed by atoms with van der Waals surface area (Å²) >= 11 is 5.79. The molecule has 2 aromatic carbocycles. The van der Waals surface area contributed by atoms with Crippen LogP contribution in [0.1, 0.15) is 33.6 Å². The average molecular weight is 549 g/mol. The second kappa shape index (κ2) is 16.3. The molecule has 0 fully saturated rings. The highest BCUT2D eigenvalue weighted by atomic mass is 35.5.